The van der Waals surface area contributed by atoms with Crippen molar-refractivity contribution in [2.75, 3.05) is 13.2 Å². The summed E-state index contributed by atoms with van der Waals surface area (Å²) >= 11 is 0. The lowest BCUT2D eigenvalue weighted by molar-refractivity contribution is -0.160. The molecule has 5 nitrogen and oxygen atoms in total. The van der Waals surface area contributed by atoms with Gasteiger partial charge in [-0.05, 0) is 45.4 Å². The second-order valence-corrected chi connectivity index (χ2v) is 5.00. The largest absolute Gasteiger partial charge is 0.504 e. The molecule has 0 bridgehead atoms. The van der Waals surface area contributed by atoms with E-state index in [2.05, 4.69) is 0 Å². The van der Waals surface area contributed by atoms with Crippen LogP contribution in [0.25, 0.3) is 0 Å². The molecule has 1 aromatic rings. The Morgan fingerprint density at radius 2 is 1.95 bits per heavy atom. The van der Waals surface area contributed by atoms with Crippen LogP contribution in [-0.4, -0.2) is 29.4 Å². The third-order valence-corrected chi connectivity index (χ3v) is 3.08. The molecule has 0 radical (unpaired) electrons. The van der Waals surface area contributed by atoms with E-state index in [0.29, 0.717) is 12.2 Å². The number of ether oxygens (including phenoxy) is 2. The number of aliphatic hydroxyl groups excluding tert-OH is 1. The Morgan fingerprint density at radius 3 is 2.50 bits per heavy atom. The van der Waals surface area contributed by atoms with Crippen LogP contribution in [0.3, 0.4) is 0 Å². The van der Waals surface area contributed by atoms with Gasteiger partial charge >= 0.3 is 5.97 Å². The van der Waals surface area contributed by atoms with Crippen molar-refractivity contribution >= 4 is 5.97 Å². The number of carbonyl (C=O) groups is 1. The first kappa shape index (κ1) is 16.3. The average Bonchev–Trinajstić information content (AvgIpc) is 2.41. The lowest BCUT2D eigenvalue weighted by Crippen LogP contribution is -2.33. The number of hydrogen-bond donors (Lipinski definition) is 2. The summed E-state index contributed by atoms with van der Waals surface area (Å²) in [5.41, 5.74) is -0.597. The fourth-order valence-electron chi connectivity index (χ4n) is 1.82. The Balaban J connectivity index is 3.04. The molecule has 1 unspecified atom stereocenters. The second-order valence-electron chi connectivity index (χ2n) is 5.00. The molecule has 1 aromatic carbocycles. The molecule has 0 aromatic heterocycles. The number of esters is 1. The molecule has 5 heteroatoms. The number of aliphatic hydroxyl groups is 1. The van der Waals surface area contributed by atoms with E-state index in [4.69, 9.17) is 9.47 Å². The fraction of sp³-hybridized carbons (Fsp3) is 0.533. The molecule has 2 N–H and O–H groups in total. The van der Waals surface area contributed by atoms with Gasteiger partial charge in [-0.2, -0.15) is 0 Å². The van der Waals surface area contributed by atoms with Crippen LogP contribution in [0.5, 0.6) is 11.5 Å². The highest BCUT2D eigenvalue weighted by atomic mass is 16.5. The zero-order chi connectivity index (χ0) is 15.3. The number of rotatable bonds is 6. The minimum Gasteiger partial charge on any atom is -0.504 e. The van der Waals surface area contributed by atoms with Crippen LogP contribution in [0, 0.1) is 5.41 Å². The summed E-state index contributed by atoms with van der Waals surface area (Å²) in [6, 6.07) is 4.53. The predicted octanol–water partition coefficient (Wildman–Crippen LogP) is 2.41. The first-order valence-corrected chi connectivity index (χ1v) is 6.65. The second kappa shape index (κ2) is 6.61. The van der Waals surface area contributed by atoms with E-state index in [1.807, 2.05) is 0 Å². The summed E-state index contributed by atoms with van der Waals surface area (Å²) in [5, 5.41) is 20.0. The van der Waals surface area contributed by atoms with Gasteiger partial charge in [-0.25, -0.2) is 0 Å². The summed E-state index contributed by atoms with van der Waals surface area (Å²) in [7, 11) is 0. The summed E-state index contributed by atoms with van der Waals surface area (Å²) < 4.78 is 10.2. The van der Waals surface area contributed by atoms with Crippen LogP contribution in [-0.2, 0) is 9.53 Å². The molecule has 112 valence electrons. The summed E-state index contributed by atoms with van der Waals surface area (Å²) in [6.45, 7) is 7.40. The van der Waals surface area contributed by atoms with Crippen LogP contribution in [0.2, 0.25) is 0 Å². The molecule has 0 saturated heterocycles. The van der Waals surface area contributed by atoms with Crippen molar-refractivity contribution < 1.29 is 24.5 Å². The minimum absolute atomic E-state index is 0.00302. The molecule has 0 saturated carbocycles. The van der Waals surface area contributed by atoms with E-state index in [0.717, 1.165) is 0 Å². The SMILES string of the molecule is CCOC(=O)C(C)(C)C(O)c1ccc(O)c(OCC)c1. The van der Waals surface area contributed by atoms with Crippen molar-refractivity contribution in [3.05, 3.63) is 23.8 Å². The van der Waals surface area contributed by atoms with Gasteiger partial charge in [-0.1, -0.05) is 6.07 Å². The van der Waals surface area contributed by atoms with Crippen LogP contribution in [0.1, 0.15) is 39.4 Å². The molecule has 0 aliphatic rings. The number of aromatic hydroxyl groups is 1. The third-order valence-electron chi connectivity index (χ3n) is 3.08. The Labute approximate surface area is 119 Å². The Kier molecular flexibility index (Phi) is 5.39. The lowest BCUT2D eigenvalue weighted by atomic mass is 9.82. The molecule has 0 aliphatic carbocycles. The predicted molar refractivity (Wildman–Crippen MR) is 74.6 cm³/mol. The van der Waals surface area contributed by atoms with Gasteiger partial charge in [0.25, 0.3) is 0 Å². The van der Waals surface area contributed by atoms with Crippen molar-refractivity contribution in [1.82, 2.24) is 0 Å². The van der Waals surface area contributed by atoms with Gasteiger partial charge in [-0.15, -0.1) is 0 Å². The van der Waals surface area contributed by atoms with Gasteiger partial charge in [0.1, 0.15) is 0 Å². The van der Waals surface area contributed by atoms with E-state index in [9.17, 15) is 15.0 Å². The van der Waals surface area contributed by atoms with Gasteiger partial charge in [0.05, 0.1) is 24.7 Å². The number of phenols is 1. The maximum absolute atomic E-state index is 11.9. The monoisotopic (exact) mass is 282 g/mol. The first-order valence-electron chi connectivity index (χ1n) is 6.65. The zero-order valence-corrected chi connectivity index (χ0v) is 12.3. The molecule has 0 heterocycles. The smallest absolute Gasteiger partial charge is 0.314 e. The van der Waals surface area contributed by atoms with E-state index in [1.165, 1.54) is 12.1 Å². The maximum Gasteiger partial charge on any atom is 0.314 e. The number of phenolic OH excluding ortho intramolecular Hbond substituents is 1. The molecule has 0 amide bonds. The summed E-state index contributed by atoms with van der Waals surface area (Å²) in [6.07, 6.45) is -1.05. The normalized spacial score (nSPS) is 12.8. The van der Waals surface area contributed by atoms with Gasteiger partial charge in [-0.3, -0.25) is 4.79 Å². The third kappa shape index (κ3) is 3.42. The maximum atomic E-state index is 11.9. The van der Waals surface area contributed by atoms with E-state index in [1.54, 1.807) is 33.8 Å². The molecule has 20 heavy (non-hydrogen) atoms. The highest BCUT2D eigenvalue weighted by molar-refractivity contribution is 5.77. The zero-order valence-electron chi connectivity index (χ0n) is 12.3. The minimum atomic E-state index is -1.09. The van der Waals surface area contributed by atoms with Crippen LogP contribution < -0.4 is 4.74 Å². The topological polar surface area (TPSA) is 76.0 Å². The average molecular weight is 282 g/mol. The van der Waals surface area contributed by atoms with Crippen molar-refractivity contribution in [1.29, 1.82) is 0 Å². The molecule has 1 rings (SSSR count). The van der Waals surface area contributed by atoms with Gasteiger partial charge in [0.2, 0.25) is 0 Å². The molecule has 0 aliphatic heterocycles. The number of hydrogen-bond acceptors (Lipinski definition) is 5. The van der Waals surface area contributed by atoms with Crippen LogP contribution in [0.15, 0.2) is 18.2 Å². The van der Waals surface area contributed by atoms with Gasteiger partial charge in [0, 0.05) is 0 Å². The van der Waals surface area contributed by atoms with Crippen molar-refractivity contribution in [3.8, 4) is 11.5 Å². The van der Waals surface area contributed by atoms with Gasteiger partial charge in [0.15, 0.2) is 11.5 Å². The Morgan fingerprint density at radius 1 is 1.30 bits per heavy atom. The van der Waals surface area contributed by atoms with E-state index in [-0.39, 0.29) is 18.1 Å². The highest BCUT2D eigenvalue weighted by Crippen LogP contribution is 2.38. The van der Waals surface area contributed by atoms with Crippen molar-refractivity contribution in [2.24, 2.45) is 5.41 Å². The highest BCUT2D eigenvalue weighted by Gasteiger charge is 2.38. The number of carbonyl (C=O) groups excluding carboxylic acids is 1. The fourth-order valence-corrected chi connectivity index (χ4v) is 1.82. The van der Waals surface area contributed by atoms with Gasteiger partial charge < -0.3 is 19.7 Å². The lowest BCUT2D eigenvalue weighted by Gasteiger charge is -2.28. The molecular weight excluding hydrogens is 260 g/mol. The van der Waals surface area contributed by atoms with E-state index < -0.39 is 17.5 Å². The number of benzene rings is 1. The molecule has 0 fully saturated rings. The standard InChI is InChI=1S/C15H22O5/c1-5-19-12-9-10(7-8-11(12)16)13(17)15(3,4)14(18)20-6-2/h7-9,13,16-17H,5-6H2,1-4H3. The van der Waals surface area contributed by atoms with E-state index >= 15 is 0 Å². The molecule has 1 atom stereocenters. The van der Waals surface area contributed by atoms with Crippen LogP contribution >= 0.6 is 0 Å². The summed E-state index contributed by atoms with van der Waals surface area (Å²) in [4.78, 5) is 11.9. The molecular formula is C15H22O5. The quantitative estimate of drug-likeness (QED) is 0.784. The molecule has 0 spiro atoms. The summed E-state index contributed by atoms with van der Waals surface area (Å²) in [5.74, 6) is -0.195. The van der Waals surface area contributed by atoms with Crippen molar-refractivity contribution in [3.63, 3.8) is 0 Å². The van der Waals surface area contributed by atoms with Crippen molar-refractivity contribution in [2.45, 2.75) is 33.8 Å². The Hall–Kier alpha value is -1.75. The first-order chi connectivity index (χ1) is 9.34. The Bertz CT molecular complexity index is 467. The van der Waals surface area contributed by atoms with Crippen LogP contribution in [0.4, 0.5) is 0 Å².